The van der Waals surface area contributed by atoms with Crippen LogP contribution in [0.4, 0.5) is 0 Å². The maximum absolute atomic E-state index is 11.2. The molecule has 0 spiro atoms. The highest BCUT2D eigenvalue weighted by Crippen LogP contribution is 2.21. The first-order valence-electron chi connectivity index (χ1n) is 5.08. The van der Waals surface area contributed by atoms with Crippen LogP contribution >= 0.6 is 11.6 Å². The highest BCUT2D eigenvalue weighted by molar-refractivity contribution is 7.86. The molecule has 0 aliphatic rings. The summed E-state index contributed by atoms with van der Waals surface area (Å²) < 4.78 is 31.6. The molecule has 0 amide bonds. The van der Waals surface area contributed by atoms with Gasteiger partial charge in [0, 0.05) is 5.88 Å². The van der Waals surface area contributed by atoms with Gasteiger partial charge in [-0.15, -0.1) is 11.6 Å². The van der Waals surface area contributed by atoms with Gasteiger partial charge in [0.1, 0.15) is 0 Å². The molecule has 1 N–H and O–H groups in total. The summed E-state index contributed by atoms with van der Waals surface area (Å²) in [5, 5.41) is 0. The standard InChI is InChI=1S/C11H15ClO3S/c1-9-5-4-7-10(6-2-3-8-12)11(9)16(13,14)15/h4-5,7H,2-3,6,8H2,1H3,(H,13,14,15). The average molecular weight is 263 g/mol. The van der Waals surface area contributed by atoms with Crippen molar-refractivity contribution >= 4 is 21.7 Å². The molecule has 5 heteroatoms. The Morgan fingerprint density at radius 3 is 2.56 bits per heavy atom. The Kier molecular flexibility index (Phi) is 4.77. The fourth-order valence-electron chi connectivity index (χ4n) is 1.69. The van der Waals surface area contributed by atoms with Gasteiger partial charge in [-0.05, 0) is 37.3 Å². The number of rotatable bonds is 5. The molecular formula is C11H15ClO3S. The van der Waals surface area contributed by atoms with Crippen molar-refractivity contribution in [3.63, 3.8) is 0 Å². The minimum atomic E-state index is -4.13. The second-order valence-electron chi connectivity index (χ2n) is 3.68. The first kappa shape index (κ1) is 13.5. The van der Waals surface area contributed by atoms with E-state index in [0.717, 1.165) is 12.8 Å². The molecule has 1 aromatic rings. The Morgan fingerprint density at radius 2 is 2.00 bits per heavy atom. The molecule has 16 heavy (non-hydrogen) atoms. The van der Waals surface area contributed by atoms with Gasteiger partial charge in [-0.25, -0.2) is 0 Å². The molecule has 0 fully saturated rings. The molecule has 0 aliphatic carbocycles. The number of alkyl halides is 1. The number of aryl methyl sites for hydroxylation is 2. The summed E-state index contributed by atoms with van der Waals surface area (Å²) in [7, 11) is -4.13. The van der Waals surface area contributed by atoms with Crippen LogP contribution in [0, 0.1) is 6.92 Å². The first-order valence-corrected chi connectivity index (χ1v) is 7.06. The van der Waals surface area contributed by atoms with E-state index in [-0.39, 0.29) is 4.90 Å². The smallest absolute Gasteiger partial charge is 0.282 e. The topological polar surface area (TPSA) is 54.4 Å². The molecule has 0 aromatic heterocycles. The minimum Gasteiger partial charge on any atom is -0.282 e. The summed E-state index contributed by atoms with van der Waals surface area (Å²) in [6, 6.07) is 5.19. The maximum Gasteiger partial charge on any atom is 0.295 e. The highest BCUT2D eigenvalue weighted by Gasteiger charge is 2.17. The van der Waals surface area contributed by atoms with Crippen LogP contribution in [0.3, 0.4) is 0 Å². The third-order valence-corrected chi connectivity index (χ3v) is 3.75. The Balaban J connectivity index is 3.04. The van der Waals surface area contributed by atoms with Crippen molar-refractivity contribution in [2.24, 2.45) is 0 Å². The van der Waals surface area contributed by atoms with Crippen molar-refractivity contribution in [1.82, 2.24) is 0 Å². The van der Waals surface area contributed by atoms with Crippen molar-refractivity contribution in [2.75, 3.05) is 5.88 Å². The van der Waals surface area contributed by atoms with Gasteiger partial charge in [-0.2, -0.15) is 8.42 Å². The van der Waals surface area contributed by atoms with E-state index in [1.807, 2.05) is 0 Å². The lowest BCUT2D eigenvalue weighted by Gasteiger charge is -2.09. The number of halogens is 1. The molecule has 90 valence electrons. The molecule has 0 atom stereocenters. The Bertz CT molecular complexity index is 454. The largest absolute Gasteiger partial charge is 0.295 e. The molecular weight excluding hydrogens is 248 g/mol. The summed E-state index contributed by atoms with van der Waals surface area (Å²) in [5.41, 5.74) is 1.23. The Labute approximate surface area is 101 Å². The van der Waals surface area contributed by atoms with E-state index in [4.69, 9.17) is 16.2 Å². The lowest BCUT2D eigenvalue weighted by Crippen LogP contribution is -2.06. The van der Waals surface area contributed by atoms with Crippen LogP contribution in [0.2, 0.25) is 0 Å². The van der Waals surface area contributed by atoms with Crippen LogP contribution in [0.15, 0.2) is 23.1 Å². The van der Waals surface area contributed by atoms with E-state index in [2.05, 4.69) is 0 Å². The van der Waals surface area contributed by atoms with Crippen LogP contribution in [0.5, 0.6) is 0 Å². The molecule has 0 aliphatic heterocycles. The zero-order chi connectivity index (χ0) is 12.2. The van der Waals surface area contributed by atoms with Gasteiger partial charge >= 0.3 is 0 Å². The van der Waals surface area contributed by atoms with Gasteiger partial charge in [0.2, 0.25) is 0 Å². The minimum absolute atomic E-state index is 0.0459. The summed E-state index contributed by atoms with van der Waals surface area (Å²) in [6.07, 6.45) is 2.26. The SMILES string of the molecule is Cc1cccc(CCCCCl)c1S(=O)(=O)O. The lowest BCUT2D eigenvalue weighted by atomic mass is 10.1. The Morgan fingerprint density at radius 1 is 1.31 bits per heavy atom. The van der Waals surface area contributed by atoms with Crippen LogP contribution < -0.4 is 0 Å². The number of hydrogen-bond donors (Lipinski definition) is 1. The molecule has 3 nitrogen and oxygen atoms in total. The second-order valence-corrected chi connectivity index (χ2v) is 5.42. The zero-order valence-corrected chi connectivity index (χ0v) is 10.7. The highest BCUT2D eigenvalue weighted by atomic mass is 35.5. The summed E-state index contributed by atoms with van der Waals surface area (Å²) in [6.45, 7) is 1.67. The quantitative estimate of drug-likeness (QED) is 0.504. The van der Waals surface area contributed by atoms with E-state index in [1.54, 1.807) is 25.1 Å². The molecule has 0 saturated carbocycles. The molecule has 1 rings (SSSR count). The van der Waals surface area contributed by atoms with Gasteiger partial charge < -0.3 is 0 Å². The molecule has 0 bridgehead atoms. The number of hydrogen-bond acceptors (Lipinski definition) is 2. The number of unbranched alkanes of at least 4 members (excludes halogenated alkanes) is 1. The predicted molar refractivity (Wildman–Crippen MR) is 64.7 cm³/mol. The van der Waals surface area contributed by atoms with Gasteiger partial charge in [-0.1, -0.05) is 18.2 Å². The Hall–Kier alpha value is -0.580. The monoisotopic (exact) mass is 262 g/mol. The van der Waals surface area contributed by atoms with Crippen LogP contribution in [0.25, 0.3) is 0 Å². The van der Waals surface area contributed by atoms with Gasteiger partial charge in [0.25, 0.3) is 10.1 Å². The van der Waals surface area contributed by atoms with Crippen molar-refractivity contribution < 1.29 is 13.0 Å². The van der Waals surface area contributed by atoms with E-state index < -0.39 is 10.1 Å². The maximum atomic E-state index is 11.2. The molecule has 0 heterocycles. The predicted octanol–water partition coefficient (Wildman–Crippen LogP) is 2.80. The lowest BCUT2D eigenvalue weighted by molar-refractivity contribution is 0.481. The molecule has 1 aromatic carbocycles. The molecule has 0 radical (unpaired) electrons. The second kappa shape index (κ2) is 5.66. The summed E-state index contributed by atoms with van der Waals surface area (Å²) in [4.78, 5) is 0.0459. The van der Waals surface area contributed by atoms with E-state index >= 15 is 0 Å². The van der Waals surface area contributed by atoms with Crippen molar-refractivity contribution in [3.05, 3.63) is 29.3 Å². The molecule has 0 saturated heterocycles. The van der Waals surface area contributed by atoms with Crippen LogP contribution in [-0.2, 0) is 16.5 Å². The summed E-state index contributed by atoms with van der Waals surface area (Å²) >= 11 is 5.56. The van der Waals surface area contributed by atoms with Gasteiger partial charge in [0.15, 0.2) is 0 Å². The third kappa shape index (κ3) is 3.47. The van der Waals surface area contributed by atoms with E-state index in [1.165, 1.54) is 0 Å². The van der Waals surface area contributed by atoms with Gasteiger partial charge in [0.05, 0.1) is 4.90 Å². The molecule has 0 unspecified atom stereocenters. The van der Waals surface area contributed by atoms with Crippen molar-refractivity contribution in [3.8, 4) is 0 Å². The van der Waals surface area contributed by atoms with Crippen molar-refractivity contribution in [1.29, 1.82) is 0 Å². The fourth-order valence-corrected chi connectivity index (χ4v) is 2.85. The van der Waals surface area contributed by atoms with Gasteiger partial charge in [-0.3, -0.25) is 4.55 Å². The van der Waals surface area contributed by atoms with E-state index in [9.17, 15) is 8.42 Å². The number of benzene rings is 1. The van der Waals surface area contributed by atoms with Crippen molar-refractivity contribution in [2.45, 2.75) is 31.1 Å². The fraction of sp³-hybridized carbons (Fsp3) is 0.455. The first-order chi connectivity index (χ1) is 7.46. The third-order valence-electron chi connectivity index (χ3n) is 2.38. The normalized spacial score (nSPS) is 11.7. The average Bonchev–Trinajstić information content (AvgIpc) is 2.16. The van der Waals surface area contributed by atoms with E-state index in [0.29, 0.717) is 23.4 Å². The zero-order valence-electron chi connectivity index (χ0n) is 9.11. The van der Waals surface area contributed by atoms with Crippen LogP contribution in [-0.4, -0.2) is 18.9 Å². The summed E-state index contributed by atoms with van der Waals surface area (Å²) in [5.74, 6) is 0.563. The van der Waals surface area contributed by atoms with Crippen LogP contribution in [0.1, 0.15) is 24.0 Å².